The first kappa shape index (κ1) is 42.0. The number of hydrogen-bond acceptors (Lipinski definition) is 3. The van der Waals surface area contributed by atoms with Crippen molar-refractivity contribution in [3.05, 3.63) is 69.9 Å². The van der Waals surface area contributed by atoms with E-state index in [1.54, 1.807) is 7.11 Å². The second-order valence-electron chi connectivity index (χ2n) is 14.0. The number of methoxy groups -OCH3 is 1. The Morgan fingerprint density at radius 1 is 0.614 bits per heavy atom. The van der Waals surface area contributed by atoms with Crippen molar-refractivity contribution in [1.29, 1.82) is 0 Å². The molecule has 2 atom stereocenters. The Balaban J connectivity index is 4.26. The predicted molar refractivity (Wildman–Crippen MR) is 194 cm³/mol. The zero-order valence-electron chi connectivity index (χ0n) is 30.8. The molecule has 0 saturated carbocycles. The molecular formula is C41H70O3. The zero-order chi connectivity index (χ0) is 33.5. The topological polar surface area (TPSA) is 46.5 Å². The molecule has 0 aliphatic carbocycles. The summed E-state index contributed by atoms with van der Waals surface area (Å²) < 4.78 is 5.29. The molecule has 0 heterocycles. The Hall–Kier alpha value is -1.97. The first-order valence-corrected chi connectivity index (χ1v) is 17.4. The van der Waals surface area contributed by atoms with E-state index in [1.165, 1.54) is 34.3 Å². The lowest BCUT2D eigenvalue weighted by Crippen LogP contribution is -2.33. The van der Waals surface area contributed by atoms with Crippen LogP contribution in [0.4, 0.5) is 0 Å². The zero-order valence-corrected chi connectivity index (χ0v) is 30.8. The highest BCUT2D eigenvalue weighted by Crippen LogP contribution is 2.20. The lowest BCUT2D eigenvalue weighted by molar-refractivity contribution is -0.137. The van der Waals surface area contributed by atoms with E-state index in [2.05, 4.69) is 91.8 Å². The monoisotopic (exact) mass is 611 g/mol. The van der Waals surface area contributed by atoms with Gasteiger partial charge in [0, 0.05) is 13.5 Å². The van der Waals surface area contributed by atoms with Crippen LogP contribution in [0.15, 0.2) is 69.9 Å². The van der Waals surface area contributed by atoms with Crippen molar-refractivity contribution in [3.63, 3.8) is 0 Å². The normalized spacial score (nSPS) is 15.4. The van der Waals surface area contributed by atoms with Gasteiger partial charge in [0.1, 0.15) is 5.60 Å². The van der Waals surface area contributed by atoms with E-state index in [0.717, 1.165) is 82.6 Å². The summed E-state index contributed by atoms with van der Waals surface area (Å²) in [5.74, 6) is 0.798. The summed E-state index contributed by atoms with van der Waals surface area (Å²) in [4.78, 5) is 12.2. The average molecular weight is 611 g/mol. The Labute approximate surface area is 273 Å². The Kier molecular flexibility index (Phi) is 23.2. The molecule has 0 aromatic heterocycles. The summed E-state index contributed by atoms with van der Waals surface area (Å²) in [6.07, 6.45) is 27.8. The maximum Gasteiger partial charge on any atom is 0.164 e. The Bertz CT molecular complexity index is 995. The number of carbonyl (C=O) groups excluding carboxylic acids is 1. The van der Waals surface area contributed by atoms with Crippen LogP contribution in [0, 0.1) is 5.92 Å². The number of aliphatic hydroxyl groups excluding tert-OH is 1. The summed E-state index contributed by atoms with van der Waals surface area (Å²) in [5.41, 5.74) is 7.48. The highest BCUT2D eigenvalue weighted by molar-refractivity contribution is 5.86. The van der Waals surface area contributed by atoms with Gasteiger partial charge in [0.05, 0.1) is 6.10 Å². The summed E-state index contributed by atoms with van der Waals surface area (Å²) in [6.45, 7) is 21.2. The maximum atomic E-state index is 12.2. The van der Waals surface area contributed by atoms with Crippen LogP contribution in [-0.2, 0) is 9.53 Å². The minimum atomic E-state index is -0.689. The van der Waals surface area contributed by atoms with Gasteiger partial charge >= 0.3 is 0 Å². The molecule has 1 N–H and O–H groups in total. The van der Waals surface area contributed by atoms with E-state index in [9.17, 15) is 9.90 Å². The van der Waals surface area contributed by atoms with Crippen LogP contribution in [0.25, 0.3) is 0 Å². The molecule has 0 aliphatic heterocycles. The number of Topliss-reactive ketones (excluding diaryl/α,β-unsaturated/α-hetero) is 1. The van der Waals surface area contributed by atoms with Crippen molar-refractivity contribution < 1.29 is 14.6 Å². The molecule has 0 fully saturated rings. The van der Waals surface area contributed by atoms with Gasteiger partial charge in [0.2, 0.25) is 0 Å². The van der Waals surface area contributed by atoms with Crippen LogP contribution in [0.3, 0.4) is 0 Å². The van der Waals surface area contributed by atoms with Gasteiger partial charge in [0.25, 0.3) is 0 Å². The molecule has 252 valence electrons. The van der Waals surface area contributed by atoms with E-state index in [0.29, 0.717) is 12.3 Å². The van der Waals surface area contributed by atoms with Crippen LogP contribution < -0.4 is 0 Å². The molecular weight excluding hydrogens is 540 g/mol. The van der Waals surface area contributed by atoms with Crippen molar-refractivity contribution in [2.75, 3.05) is 7.11 Å². The third kappa shape index (κ3) is 22.5. The Morgan fingerprint density at radius 3 is 1.59 bits per heavy atom. The molecule has 0 radical (unpaired) electrons. The molecule has 0 saturated heterocycles. The number of allylic oxidation sites excluding steroid dienone is 11. The molecule has 3 heteroatoms. The van der Waals surface area contributed by atoms with Gasteiger partial charge in [-0.1, -0.05) is 71.2 Å². The van der Waals surface area contributed by atoms with Crippen molar-refractivity contribution in [3.8, 4) is 0 Å². The molecule has 44 heavy (non-hydrogen) atoms. The van der Waals surface area contributed by atoms with Crippen LogP contribution in [0.2, 0.25) is 0 Å². The average Bonchev–Trinajstić information content (AvgIpc) is 2.96. The number of ether oxygens (including phenoxy) is 1. The van der Waals surface area contributed by atoms with Crippen molar-refractivity contribution in [2.24, 2.45) is 5.92 Å². The highest BCUT2D eigenvalue weighted by atomic mass is 16.5. The second-order valence-corrected chi connectivity index (χ2v) is 14.0. The summed E-state index contributed by atoms with van der Waals surface area (Å²) >= 11 is 0. The van der Waals surface area contributed by atoms with Gasteiger partial charge in [0.15, 0.2) is 5.78 Å². The van der Waals surface area contributed by atoms with Crippen LogP contribution in [0.1, 0.15) is 159 Å². The highest BCUT2D eigenvalue weighted by Gasteiger charge is 2.25. The van der Waals surface area contributed by atoms with E-state index < -0.39 is 5.60 Å². The molecule has 0 aliphatic rings. The fraction of sp³-hybridized carbons (Fsp3) is 0.683. The molecule has 0 aromatic rings. The van der Waals surface area contributed by atoms with E-state index in [-0.39, 0.29) is 11.9 Å². The number of unbranched alkanes of at least 4 members (excludes halogenated alkanes) is 1. The largest absolute Gasteiger partial charge is 0.389 e. The van der Waals surface area contributed by atoms with Gasteiger partial charge in [-0.25, -0.2) is 0 Å². The lowest BCUT2D eigenvalue weighted by atomic mass is 9.94. The van der Waals surface area contributed by atoms with Crippen molar-refractivity contribution in [1.82, 2.24) is 0 Å². The third-order valence-electron chi connectivity index (χ3n) is 8.82. The second kappa shape index (κ2) is 24.3. The predicted octanol–water partition coefficient (Wildman–Crippen LogP) is 12.1. The standard InChI is InChI=1S/C41H70O3/c1-32(2)18-14-20-34(4)23-16-25-36(6)28-30-39(42)38(8)27-13-12-19-33(3)21-15-22-35(5)24-17-26-37(7)29-31-40(43)41(9,10)44-11/h18-19,22-23,26-27,36,39,42H,12-17,20-21,24-25,28-31H2,1-11H3/b33-19+,34-23+,35-22+,37-26+,38-27+/t36-,39-/m1/s1. The summed E-state index contributed by atoms with van der Waals surface area (Å²) in [5, 5.41) is 10.6. The third-order valence-corrected chi connectivity index (χ3v) is 8.82. The Morgan fingerprint density at radius 2 is 1.07 bits per heavy atom. The maximum absolute atomic E-state index is 12.2. The van der Waals surface area contributed by atoms with E-state index in [4.69, 9.17) is 4.74 Å². The van der Waals surface area contributed by atoms with Crippen LogP contribution in [0.5, 0.6) is 0 Å². The first-order valence-electron chi connectivity index (χ1n) is 17.4. The van der Waals surface area contributed by atoms with Gasteiger partial charge in [-0.05, 0) is 157 Å². The number of rotatable bonds is 24. The molecule has 0 aromatic carbocycles. The number of aliphatic hydroxyl groups is 1. The number of carbonyl (C=O) groups is 1. The van der Waals surface area contributed by atoms with Gasteiger partial charge in [-0.2, -0.15) is 0 Å². The lowest BCUT2D eigenvalue weighted by Gasteiger charge is -2.21. The van der Waals surface area contributed by atoms with Crippen LogP contribution in [-0.4, -0.2) is 29.7 Å². The van der Waals surface area contributed by atoms with Crippen LogP contribution >= 0.6 is 0 Å². The molecule has 3 nitrogen and oxygen atoms in total. The van der Waals surface area contributed by atoms with E-state index >= 15 is 0 Å². The first-order chi connectivity index (χ1) is 20.7. The fourth-order valence-electron chi connectivity index (χ4n) is 5.02. The molecule has 0 amide bonds. The minimum absolute atomic E-state index is 0.159. The summed E-state index contributed by atoms with van der Waals surface area (Å²) in [6, 6.07) is 0. The number of ketones is 1. The molecule has 0 rings (SSSR count). The number of hydrogen-bond donors (Lipinski definition) is 1. The van der Waals surface area contributed by atoms with Gasteiger partial charge in [-0.15, -0.1) is 0 Å². The SMILES string of the molecule is COC(C)(C)C(=O)CC/C(C)=C/CC/C(C)=C/CC/C(C)=C/CC/C=C(\C)[C@H](O)CC[C@H](C)CC/C=C(\C)CCC=C(C)C. The smallest absolute Gasteiger partial charge is 0.164 e. The quantitative estimate of drug-likeness (QED) is 0.0873. The van der Waals surface area contributed by atoms with Gasteiger partial charge < -0.3 is 9.84 Å². The molecule has 0 bridgehead atoms. The minimum Gasteiger partial charge on any atom is -0.389 e. The van der Waals surface area contributed by atoms with Gasteiger partial charge in [-0.3, -0.25) is 4.79 Å². The van der Waals surface area contributed by atoms with Crippen molar-refractivity contribution >= 4 is 5.78 Å². The molecule has 0 unspecified atom stereocenters. The van der Waals surface area contributed by atoms with E-state index in [1.807, 2.05) is 13.8 Å². The summed E-state index contributed by atoms with van der Waals surface area (Å²) in [7, 11) is 1.59. The fourth-order valence-corrected chi connectivity index (χ4v) is 5.02. The van der Waals surface area contributed by atoms with Crippen molar-refractivity contribution in [2.45, 2.75) is 171 Å². The molecule has 0 spiro atoms.